The van der Waals surface area contributed by atoms with Crippen LogP contribution in [0.3, 0.4) is 0 Å². The number of aliphatic carboxylic acids is 1. The summed E-state index contributed by atoms with van der Waals surface area (Å²) in [5.41, 5.74) is 0.957. The van der Waals surface area contributed by atoms with E-state index in [4.69, 9.17) is 4.74 Å². The molecule has 146 valence electrons. The topological polar surface area (TPSA) is 75.6 Å². The van der Waals surface area contributed by atoms with Gasteiger partial charge in [0.2, 0.25) is 0 Å². The molecule has 1 aromatic rings. The molecule has 0 heterocycles. The Kier molecular flexibility index (Phi) is 12.2. The Morgan fingerprint density at radius 3 is 2.46 bits per heavy atom. The van der Waals surface area contributed by atoms with Crippen molar-refractivity contribution in [3.63, 3.8) is 0 Å². The molecule has 5 nitrogen and oxygen atoms in total. The molecular formula is C21H33NO4. The summed E-state index contributed by atoms with van der Waals surface area (Å²) in [5, 5.41) is 12.4. The Bertz CT molecular complexity index is 504. The number of benzene rings is 1. The van der Waals surface area contributed by atoms with Crippen LogP contribution in [-0.2, 0) is 20.9 Å². The standard InChI is InChI=1S/C21H33NO4/c1-2-3-4-5-6-10-13-19(21(24)25)16-22-15-14-20(23)26-17-18-11-8-7-9-12-18/h7-9,11-12,19,22H,2-6,10,13-17H2,1H3,(H,24,25)/t19-/m1/s1. The second kappa shape index (κ2) is 14.3. The van der Waals surface area contributed by atoms with E-state index in [1.54, 1.807) is 0 Å². The van der Waals surface area contributed by atoms with Crippen LogP contribution in [0.25, 0.3) is 0 Å². The van der Waals surface area contributed by atoms with E-state index in [0.29, 0.717) is 19.5 Å². The van der Waals surface area contributed by atoms with Crippen LogP contribution in [0.1, 0.15) is 63.9 Å². The highest BCUT2D eigenvalue weighted by molar-refractivity contribution is 5.70. The first-order chi connectivity index (χ1) is 12.6. The zero-order valence-corrected chi connectivity index (χ0v) is 15.9. The monoisotopic (exact) mass is 363 g/mol. The van der Waals surface area contributed by atoms with E-state index in [9.17, 15) is 14.7 Å². The highest BCUT2D eigenvalue weighted by Gasteiger charge is 2.16. The van der Waals surface area contributed by atoms with Gasteiger partial charge in [-0.2, -0.15) is 0 Å². The van der Waals surface area contributed by atoms with Gasteiger partial charge in [0, 0.05) is 13.1 Å². The fraction of sp³-hybridized carbons (Fsp3) is 0.619. The van der Waals surface area contributed by atoms with Crippen LogP contribution in [0, 0.1) is 5.92 Å². The maximum Gasteiger partial charge on any atom is 0.307 e. The zero-order valence-electron chi connectivity index (χ0n) is 15.9. The molecule has 5 heteroatoms. The van der Waals surface area contributed by atoms with Gasteiger partial charge in [-0.1, -0.05) is 75.8 Å². The molecule has 0 saturated heterocycles. The maximum absolute atomic E-state index is 11.7. The summed E-state index contributed by atoms with van der Waals surface area (Å²) >= 11 is 0. The van der Waals surface area contributed by atoms with Gasteiger partial charge in [0.15, 0.2) is 0 Å². The van der Waals surface area contributed by atoms with Gasteiger partial charge in [-0.3, -0.25) is 9.59 Å². The van der Waals surface area contributed by atoms with E-state index in [0.717, 1.165) is 18.4 Å². The van der Waals surface area contributed by atoms with Crippen molar-refractivity contribution in [2.45, 2.75) is 64.9 Å². The van der Waals surface area contributed by atoms with Crippen molar-refractivity contribution in [1.29, 1.82) is 0 Å². The summed E-state index contributed by atoms with van der Waals surface area (Å²) in [7, 11) is 0. The minimum absolute atomic E-state index is 0.246. The molecule has 26 heavy (non-hydrogen) atoms. The van der Waals surface area contributed by atoms with Crippen molar-refractivity contribution in [2.75, 3.05) is 13.1 Å². The predicted molar refractivity (Wildman–Crippen MR) is 103 cm³/mol. The van der Waals surface area contributed by atoms with Crippen LogP contribution in [0.2, 0.25) is 0 Å². The first kappa shape index (κ1) is 22.2. The van der Waals surface area contributed by atoms with Crippen LogP contribution in [0.5, 0.6) is 0 Å². The van der Waals surface area contributed by atoms with E-state index in [1.165, 1.54) is 25.7 Å². The Labute approximate surface area is 157 Å². The Hall–Kier alpha value is -1.88. The number of rotatable bonds is 15. The van der Waals surface area contributed by atoms with E-state index in [-0.39, 0.29) is 24.9 Å². The molecule has 0 aromatic heterocycles. The molecule has 0 radical (unpaired) electrons. The molecule has 1 rings (SSSR count). The summed E-state index contributed by atoms with van der Waals surface area (Å²) in [6, 6.07) is 9.54. The van der Waals surface area contributed by atoms with Crippen LogP contribution in [0.15, 0.2) is 30.3 Å². The maximum atomic E-state index is 11.7. The molecule has 0 saturated carbocycles. The predicted octanol–water partition coefficient (Wildman–Crippen LogP) is 4.16. The van der Waals surface area contributed by atoms with Crippen molar-refractivity contribution in [1.82, 2.24) is 5.32 Å². The molecular weight excluding hydrogens is 330 g/mol. The van der Waals surface area contributed by atoms with Crippen molar-refractivity contribution in [3.05, 3.63) is 35.9 Å². The average molecular weight is 363 g/mol. The van der Waals surface area contributed by atoms with Crippen LogP contribution in [0.4, 0.5) is 0 Å². The summed E-state index contributed by atoms with van der Waals surface area (Å²) in [6.45, 7) is 3.29. The quantitative estimate of drug-likeness (QED) is 0.361. The number of carboxylic acid groups (broad SMARTS) is 1. The molecule has 0 aliphatic carbocycles. The van der Waals surface area contributed by atoms with Gasteiger partial charge in [-0.05, 0) is 12.0 Å². The minimum Gasteiger partial charge on any atom is -0.481 e. The van der Waals surface area contributed by atoms with Crippen molar-refractivity contribution in [2.24, 2.45) is 5.92 Å². The molecule has 0 amide bonds. The molecule has 0 spiro atoms. The number of carbonyl (C=O) groups is 2. The second-order valence-corrected chi connectivity index (χ2v) is 6.69. The lowest BCUT2D eigenvalue weighted by Gasteiger charge is -2.13. The Balaban J connectivity index is 2.10. The summed E-state index contributed by atoms with van der Waals surface area (Å²) in [4.78, 5) is 23.0. The lowest BCUT2D eigenvalue weighted by molar-refractivity contribution is -0.144. The SMILES string of the molecule is CCCCCCCC[C@H](CNCCC(=O)OCc1ccccc1)C(=O)O. The minimum atomic E-state index is -0.766. The first-order valence-corrected chi connectivity index (χ1v) is 9.76. The molecule has 0 aliphatic heterocycles. The third kappa shape index (κ3) is 10.9. The molecule has 1 aromatic carbocycles. The van der Waals surface area contributed by atoms with E-state index < -0.39 is 5.97 Å². The average Bonchev–Trinajstić information content (AvgIpc) is 2.65. The molecule has 1 atom stereocenters. The van der Waals surface area contributed by atoms with Gasteiger partial charge < -0.3 is 15.2 Å². The third-order valence-corrected chi connectivity index (χ3v) is 4.39. The van der Waals surface area contributed by atoms with Gasteiger partial charge >= 0.3 is 11.9 Å². The first-order valence-electron chi connectivity index (χ1n) is 9.76. The number of ether oxygens (including phenoxy) is 1. The lowest BCUT2D eigenvalue weighted by atomic mass is 10.00. The lowest BCUT2D eigenvalue weighted by Crippen LogP contribution is -2.30. The number of hydrogen-bond acceptors (Lipinski definition) is 4. The normalized spacial score (nSPS) is 11.9. The number of carbonyl (C=O) groups excluding carboxylic acids is 1. The van der Waals surface area contributed by atoms with E-state index in [2.05, 4.69) is 12.2 Å². The smallest absolute Gasteiger partial charge is 0.307 e. The summed E-state index contributed by atoms with van der Waals surface area (Å²) in [5.74, 6) is -1.43. The van der Waals surface area contributed by atoms with Crippen LogP contribution < -0.4 is 5.32 Å². The van der Waals surface area contributed by atoms with Crippen LogP contribution in [-0.4, -0.2) is 30.1 Å². The van der Waals surface area contributed by atoms with E-state index in [1.807, 2.05) is 30.3 Å². The highest BCUT2D eigenvalue weighted by Crippen LogP contribution is 2.12. The molecule has 0 fully saturated rings. The summed E-state index contributed by atoms with van der Waals surface area (Å²) < 4.78 is 5.20. The van der Waals surface area contributed by atoms with Crippen molar-refractivity contribution >= 4 is 11.9 Å². The number of nitrogens with one attached hydrogen (secondary N) is 1. The number of esters is 1. The van der Waals surface area contributed by atoms with Gasteiger partial charge in [-0.25, -0.2) is 0 Å². The van der Waals surface area contributed by atoms with E-state index >= 15 is 0 Å². The Morgan fingerprint density at radius 1 is 1.08 bits per heavy atom. The van der Waals surface area contributed by atoms with Gasteiger partial charge in [0.25, 0.3) is 0 Å². The third-order valence-electron chi connectivity index (χ3n) is 4.39. The zero-order chi connectivity index (χ0) is 19.0. The number of carboxylic acids is 1. The van der Waals surface area contributed by atoms with Gasteiger partial charge in [-0.15, -0.1) is 0 Å². The molecule has 0 aliphatic rings. The second-order valence-electron chi connectivity index (χ2n) is 6.69. The van der Waals surface area contributed by atoms with Crippen molar-refractivity contribution in [3.8, 4) is 0 Å². The highest BCUT2D eigenvalue weighted by atomic mass is 16.5. The fourth-order valence-electron chi connectivity index (χ4n) is 2.76. The number of hydrogen-bond donors (Lipinski definition) is 2. The Morgan fingerprint density at radius 2 is 1.77 bits per heavy atom. The molecule has 2 N–H and O–H groups in total. The van der Waals surface area contributed by atoms with Crippen molar-refractivity contribution < 1.29 is 19.4 Å². The fourth-order valence-corrected chi connectivity index (χ4v) is 2.76. The molecule has 0 bridgehead atoms. The number of unbranched alkanes of at least 4 members (excludes halogenated alkanes) is 5. The van der Waals surface area contributed by atoms with Crippen LogP contribution >= 0.6 is 0 Å². The largest absolute Gasteiger partial charge is 0.481 e. The van der Waals surface area contributed by atoms with Gasteiger partial charge in [0.1, 0.15) is 6.61 Å². The summed E-state index contributed by atoms with van der Waals surface area (Å²) in [6.07, 6.45) is 7.86. The molecule has 0 unspecified atom stereocenters. The van der Waals surface area contributed by atoms with Gasteiger partial charge in [0.05, 0.1) is 12.3 Å².